The smallest absolute Gasteiger partial charge is 0.303 e. The van der Waals surface area contributed by atoms with Crippen LogP contribution in [0.5, 0.6) is 5.75 Å². The number of hydrogen-bond acceptors (Lipinski definition) is 5. The molecule has 5 nitrogen and oxygen atoms in total. The molecule has 4 rings (SSSR count). The Morgan fingerprint density at radius 2 is 2.11 bits per heavy atom. The molecule has 2 aromatic carbocycles. The minimum Gasteiger partial charge on any atom is -0.497 e. The predicted molar refractivity (Wildman–Crippen MR) is 148 cm³/mol. The quantitative estimate of drug-likeness (QED) is 0.205. The molecule has 1 aliphatic heterocycles. The van der Waals surface area contributed by atoms with Crippen molar-refractivity contribution in [3.8, 4) is 5.75 Å². The van der Waals surface area contributed by atoms with Crippen molar-refractivity contribution in [2.24, 2.45) is 11.8 Å². The number of aryl methyl sites for hydroxylation is 1. The minimum absolute atomic E-state index is 0.0529. The Balaban J connectivity index is 1.31. The van der Waals surface area contributed by atoms with Crippen LogP contribution in [0.1, 0.15) is 49.4 Å². The predicted octanol–water partition coefficient (Wildman–Crippen LogP) is 6.94. The van der Waals surface area contributed by atoms with Gasteiger partial charge in [-0.25, -0.2) is 4.39 Å². The fourth-order valence-electron chi connectivity index (χ4n) is 5.44. The fraction of sp³-hybridized carbons (Fsp3) is 0.467. The summed E-state index contributed by atoms with van der Waals surface area (Å²) in [5, 5.41) is 10.3. The first-order valence-corrected chi connectivity index (χ1v) is 14.1. The van der Waals surface area contributed by atoms with E-state index in [1.807, 2.05) is 30.0 Å². The highest BCUT2D eigenvalue weighted by molar-refractivity contribution is 7.99. The molecule has 2 heterocycles. The zero-order valence-electron chi connectivity index (χ0n) is 21.7. The SMILES string of the molecule is COc1ccc2nccc([C@H](F)CC[C@@H]3CCN(CCCSc4cccc(C)c4)C[C@@H]3CC(=O)O)c2c1. The lowest BCUT2D eigenvalue weighted by atomic mass is 9.79. The van der Waals surface area contributed by atoms with Crippen molar-refractivity contribution >= 4 is 28.6 Å². The van der Waals surface area contributed by atoms with Crippen molar-refractivity contribution in [3.05, 3.63) is 65.9 Å². The summed E-state index contributed by atoms with van der Waals surface area (Å²) in [5.41, 5.74) is 2.65. The number of ether oxygens (including phenoxy) is 1. The summed E-state index contributed by atoms with van der Waals surface area (Å²) in [4.78, 5) is 19.7. The van der Waals surface area contributed by atoms with Crippen LogP contribution >= 0.6 is 11.8 Å². The van der Waals surface area contributed by atoms with Gasteiger partial charge in [0, 0.05) is 29.4 Å². The summed E-state index contributed by atoms with van der Waals surface area (Å²) in [7, 11) is 1.60. The van der Waals surface area contributed by atoms with Gasteiger partial charge in [0.25, 0.3) is 0 Å². The van der Waals surface area contributed by atoms with Crippen molar-refractivity contribution < 1.29 is 19.0 Å². The third kappa shape index (κ3) is 7.68. The summed E-state index contributed by atoms with van der Waals surface area (Å²) in [6.07, 6.45) is 3.72. The number of likely N-dealkylation sites (tertiary alicyclic amines) is 1. The molecule has 0 bridgehead atoms. The number of carboxylic acids is 1. The molecule has 1 saturated heterocycles. The maximum Gasteiger partial charge on any atom is 0.303 e. The summed E-state index contributed by atoms with van der Waals surface area (Å²) in [5.74, 6) is 1.23. The van der Waals surface area contributed by atoms with Crippen LogP contribution in [0.25, 0.3) is 10.9 Å². The van der Waals surface area contributed by atoms with Crippen LogP contribution in [0.2, 0.25) is 0 Å². The van der Waals surface area contributed by atoms with Crippen LogP contribution in [0, 0.1) is 18.8 Å². The van der Waals surface area contributed by atoms with E-state index in [9.17, 15) is 9.90 Å². The number of nitrogens with zero attached hydrogens (tertiary/aromatic N) is 2. The first-order valence-electron chi connectivity index (χ1n) is 13.1. The Bertz CT molecular complexity index is 1190. The number of aromatic nitrogens is 1. The van der Waals surface area contributed by atoms with Gasteiger partial charge in [-0.2, -0.15) is 0 Å². The largest absolute Gasteiger partial charge is 0.497 e. The lowest BCUT2D eigenvalue weighted by Gasteiger charge is -2.38. The molecular formula is C30H37FN2O3S. The highest BCUT2D eigenvalue weighted by atomic mass is 32.2. The number of methoxy groups -OCH3 is 1. The number of carboxylic acid groups (broad SMARTS) is 1. The number of fused-ring (bicyclic) bond motifs is 1. The number of piperidine rings is 1. The van der Waals surface area contributed by atoms with Gasteiger partial charge >= 0.3 is 5.97 Å². The number of thioether (sulfide) groups is 1. The molecule has 1 aromatic heterocycles. The average molecular weight is 525 g/mol. The van der Waals surface area contributed by atoms with Crippen molar-refractivity contribution in [1.29, 1.82) is 0 Å². The third-order valence-electron chi connectivity index (χ3n) is 7.40. The number of halogens is 1. The van der Waals surface area contributed by atoms with Gasteiger partial charge in [0.2, 0.25) is 0 Å². The monoisotopic (exact) mass is 524 g/mol. The van der Waals surface area contributed by atoms with Crippen molar-refractivity contribution in [3.63, 3.8) is 0 Å². The molecule has 0 amide bonds. The number of alkyl halides is 1. The molecule has 0 radical (unpaired) electrons. The van der Waals surface area contributed by atoms with E-state index in [4.69, 9.17) is 4.74 Å². The van der Waals surface area contributed by atoms with Crippen LogP contribution in [0.4, 0.5) is 4.39 Å². The zero-order chi connectivity index (χ0) is 26.2. The number of rotatable bonds is 12. The van der Waals surface area contributed by atoms with Gasteiger partial charge in [0.05, 0.1) is 12.6 Å². The molecular weight excluding hydrogens is 487 g/mol. The Morgan fingerprint density at radius 3 is 2.89 bits per heavy atom. The molecule has 1 fully saturated rings. The second-order valence-corrected chi connectivity index (χ2v) is 11.2. The van der Waals surface area contributed by atoms with E-state index in [0.29, 0.717) is 24.2 Å². The van der Waals surface area contributed by atoms with Gasteiger partial charge in [-0.3, -0.25) is 9.78 Å². The highest BCUT2D eigenvalue weighted by Crippen LogP contribution is 2.36. The molecule has 3 aromatic rings. The van der Waals surface area contributed by atoms with Crippen molar-refractivity contribution in [2.75, 3.05) is 32.5 Å². The number of pyridine rings is 1. The maximum absolute atomic E-state index is 15.5. The van der Waals surface area contributed by atoms with Crippen LogP contribution in [-0.2, 0) is 4.79 Å². The highest BCUT2D eigenvalue weighted by Gasteiger charge is 2.31. The topological polar surface area (TPSA) is 62.7 Å². The van der Waals surface area contributed by atoms with Gasteiger partial charge in [-0.1, -0.05) is 17.7 Å². The Kier molecular flexibility index (Phi) is 9.81. The molecule has 0 spiro atoms. The Morgan fingerprint density at radius 1 is 1.24 bits per heavy atom. The Hall–Kier alpha value is -2.64. The molecule has 0 saturated carbocycles. The van der Waals surface area contributed by atoms with Gasteiger partial charge in [0.1, 0.15) is 11.9 Å². The van der Waals surface area contributed by atoms with E-state index >= 15 is 4.39 Å². The third-order valence-corrected chi connectivity index (χ3v) is 8.48. The van der Waals surface area contributed by atoms with E-state index in [-0.39, 0.29) is 18.3 Å². The van der Waals surface area contributed by atoms with Gasteiger partial charge < -0.3 is 14.7 Å². The van der Waals surface area contributed by atoms with Crippen LogP contribution in [0.3, 0.4) is 0 Å². The van der Waals surface area contributed by atoms with Crippen molar-refractivity contribution in [1.82, 2.24) is 9.88 Å². The molecule has 0 aliphatic carbocycles. The lowest BCUT2D eigenvalue weighted by molar-refractivity contribution is -0.139. The van der Waals surface area contributed by atoms with Crippen molar-refractivity contribution in [2.45, 2.75) is 50.1 Å². The fourth-order valence-corrected chi connectivity index (χ4v) is 6.39. The molecule has 3 atom stereocenters. The summed E-state index contributed by atoms with van der Waals surface area (Å²) in [6.45, 7) is 4.80. The van der Waals surface area contributed by atoms with Gasteiger partial charge in [-0.05, 0) is 105 Å². The molecule has 37 heavy (non-hydrogen) atoms. The first kappa shape index (κ1) is 27.4. The minimum atomic E-state index is -1.13. The van der Waals surface area contributed by atoms with Crippen LogP contribution < -0.4 is 4.74 Å². The Labute approximate surface area is 223 Å². The normalized spacial score (nSPS) is 19.1. The molecule has 1 aliphatic rings. The van der Waals surface area contributed by atoms with E-state index in [1.165, 1.54) is 10.5 Å². The summed E-state index contributed by atoms with van der Waals surface area (Å²) < 4.78 is 20.8. The van der Waals surface area contributed by atoms with Crippen LogP contribution in [0.15, 0.2) is 59.6 Å². The van der Waals surface area contributed by atoms with Gasteiger partial charge in [0.15, 0.2) is 0 Å². The standard InChI is InChI=1S/C30H37FN2O3S/c1-21-5-3-6-25(17-21)37-16-4-14-33-15-12-22(23(20-33)18-30(34)35)7-9-28(31)26-11-13-32-29-10-8-24(36-2)19-27(26)29/h3,5-6,8,10-11,13,17,19,22-23,28H,4,7,9,12,14-16,18,20H2,1-2H3,(H,34,35)/t22-,23+,28-/m1/s1. The van der Waals surface area contributed by atoms with Gasteiger partial charge in [-0.15, -0.1) is 11.8 Å². The molecule has 1 N–H and O–H groups in total. The molecule has 198 valence electrons. The number of benzene rings is 2. The zero-order valence-corrected chi connectivity index (χ0v) is 22.6. The first-order chi connectivity index (χ1) is 17.9. The second-order valence-electron chi connectivity index (χ2n) is 10.1. The maximum atomic E-state index is 15.5. The molecule has 0 unspecified atom stereocenters. The van der Waals surface area contributed by atoms with Crippen LogP contribution in [-0.4, -0.2) is 53.5 Å². The number of carbonyl (C=O) groups is 1. The lowest BCUT2D eigenvalue weighted by Crippen LogP contribution is -2.42. The average Bonchev–Trinajstić information content (AvgIpc) is 2.89. The second kappa shape index (κ2) is 13.2. The molecule has 7 heteroatoms. The van der Waals surface area contributed by atoms with E-state index in [2.05, 4.69) is 41.1 Å². The number of hydrogen-bond donors (Lipinski definition) is 1. The summed E-state index contributed by atoms with van der Waals surface area (Å²) >= 11 is 1.87. The summed E-state index contributed by atoms with van der Waals surface area (Å²) in [6, 6.07) is 15.8. The van der Waals surface area contributed by atoms with E-state index in [1.54, 1.807) is 19.4 Å². The van der Waals surface area contributed by atoms with E-state index in [0.717, 1.165) is 49.1 Å². The van der Waals surface area contributed by atoms with E-state index < -0.39 is 12.1 Å². The number of aliphatic carboxylic acids is 1.